The van der Waals surface area contributed by atoms with Crippen LogP contribution in [0.15, 0.2) is 96.0 Å². The molecule has 4 heterocycles. The van der Waals surface area contributed by atoms with Crippen LogP contribution in [0.3, 0.4) is 0 Å². The highest BCUT2D eigenvalue weighted by atomic mass is 33.1. The smallest absolute Gasteiger partial charge is 0.261 e. The number of carbonyl (C=O) groups excluding carboxylic acids is 6. The number of nitrogens with two attached hydrogens (primary N) is 1. The normalized spacial score (nSPS) is 15.9. The molecule has 2 atom stereocenters. The number of fused-ring (bicyclic) bond motifs is 8. The number of anilines is 4. The molecule has 19 nitrogen and oxygen atoms in total. The van der Waals surface area contributed by atoms with Gasteiger partial charge in [-0.3, -0.25) is 43.8 Å². The van der Waals surface area contributed by atoms with Crippen LogP contribution in [0.25, 0.3) is 0 Å². The maximum atomic E-state index is 14.1. The quantitative estimate of drug-likeness (QED) is 0.0373. The van der Waals surface area contributed by atoms with Crippen molar-refractivity contribution >= 4 is 91.9 Å². The van der Waals surface area contributed by atoms with E-state index in [4.69, 9.17) is 29.1 Å². The lowest BCUT2D eigenvalue weighted by atomic mass is 10.1. The fourth-order valence-electron chi connectivity index (χ4n) is 9.47. The van der Waals surface area contributed by atoms with Crippen LogP contribution in [0.4, 0.5) is 28.4 Å². The van der Waals surface area contributed by atoms with Crippen molar-refractivity contribution in [2.24, 2.45) is 10.1 Å². The van der Waals surface area contributed by atoms with Gasteiger partial charge in [0.05, 0.1) is 68.4 Å². The molecule has 0 unspecified atom stereocenters. The Bertz CT molecular complexity index is 3100. The van der Waals surface area contributed by atoms with Crippen LogP contribution in [0.2, 0.25) is 0 Å². The van der Waals surface area contributed by atoms with E-state index in [1.54, 1.807) is 47.5 Å². The lowest BCUT2D eigenvalue weighted by Crippen LogP contribution is -2.43. The van der Waals surface area contributed by atoms with Crippen molar-refractivity contribution in [2.45, 2.75) is 69.6 Å². The van der Waals surface area contributed by atoms with Gasteiger partial charge in [-0.15, -0.1) is 0 Å². The van der Waals surface area contributed by atoms with Crippen molar-refractivity contribution in [3.8, 4) is 23.0 Å². The average Bonchev–Trinajstić information content (AvgIpc) is 3.90. The monoisotopic (exact) mass is 1060 g/mol. The van der Waals surface area contributed by atoms with Gasteiger partial charge in [-0.2, -0.15) is 0 Å². The zero-order valence-electron chi connectivity index (χ0n) is 41.8. The summed E-state index contributed by atoms with van der Waals surface area (Å²) >= 11 is 0. The van der Waals surface area contributed by atoms with Gasteiger partial charge in [0, 0.05) is 59.5 Å². The Morgan fingerprint density at radius 1 is 0.707 bits per heavy atom. The van der Waals surface area contributed by atoms with E-state index in [0.29, 0.717) is 81.7 Å². The molecule has 0 radical (unpaired) electrons. The summed E-state index contributed by atoms with van der Waals surface area (Å²) in [6.45, 7) is 3.26. The van der Waals surface area contributed by atoms with E-state index in [2.05, 4.69) is 26.6 Å². The third-order valence-corrected chi connectivity index (χ3v) is 15.6. The number of aliphatic imine (C=N–C) groups is 1. The summed E-state index contributed by atoms with van der Waals surface area (Å²) in [4.78, 5) is 87.2. The van der Waals surface area contributed by atoms with Crippen molar-refractivity contribution in [1.82, 2.24) is 16.0 Å². The maximum Gasteiger partial charge on any atom is 0.261 e. The van der Waals surface area contributed by atoms with Crippen molar-refractivity contribution < 1.29 is 47.7 Å². The number of hydrogen-bond donors (Lipinski definition) is 6. The van der Waals surface area contributed by atoms with E-state index in [1.165, 1.54) is 25.0 Å². The van der Waals surface area contributed by atoms with Gasteiger partial charge in [0.15, 0.2) is 23.0 Å². The molecule has 7 N–H and O–H groups in total. The van der Waals surface area contributed by atoms with E-state index in [-0.39, 0.29) is 60.7 Å². The number of amides is 6. The van der Waals surface area contributed by atoms with E-state index >= 15 is 0 Å². The minimum atomic E-state index is -0.624. The largest absolute Gasteiger partial charge is 0.493 e. The second-order valence-corrected chi connectivity index (χ2v) is 21.4. The number of rotatable bonds is 20. The first-order valence-corrected chi connectivity index (χ1v) is 26.5. The molecule has 5 aromatic carbocycles. The highest BCUT2D eigenvalue weighted by Crippen LogP contribution is 2.43. The molecule has 390 valence electrons. The van der Waals surface area contributed by atoms with E-state index < -0.39 is 30.8 Å². The van der Waals surface area contributed by atoms with Gasteiger partial charge in [0.1, 0.15) is 13.2 Å². The van der Waals surface area contributed by atoms with Gasteiger partial charge < -0.3 is 50.4 Å². The summed E-state index contributed by atoms with van der Waals surface area (Å²) in [5.41, 5.74) is 7.34. The minimum absolute atomic E-state index is 0.0108. The molecule has 0 fully saturated rings. The molecule has 21 heteroatoms. The number of hydrogen-bond acceptors (Lipinski definition) is 15. The molecule has 0 saturated carbocycles. The molecule has 75 heavy (non-hydrogen) atoms. The second kappa shape index (κ2) is 22.8. The number of nitrogens with zero attached hydrogens (tertiary/aromatic N) is 3. The molecule has 6 amide bonds. The molecular weight excluding hydrogens is 999 g/mol. The summed E-state index contributed by atoms with van der Waals surface area (Å²) in [6.07, 6.45) is 3.90. The lowest BCUT2D eigenvalue weighted by Gasteiger charge is -2.22. The Hall–Kier alpha value is -7.75. The number of carbonyl (C=O) groups is 6. The van der Waals surface area contributed by atoms with Crippen molar-refractivity contribution in [3.05, 3.63) is 124 Å². The minimum Gasteiger partial charge on any atom is -0.493 e. The van der Waals surface area contributed by atoms with Gasteiger partial charge in [-0.05, 0) is 102 Å². The van der Waals surface area contributed by atoms with Gasteiger partial charge in [0.2, 0.25) is 23.6 Å². The summed E-state index contributed by atoms with van der Waals surface area (Å²) in [5, 5.41) is 19.3. The molecule has 0 spiro atoms. The van der Waals surface area contributed by atoms with Crippen LogP contribution in [0, 0.1) is 0 Å². The first-order valence-electron chi connectivity index (χ1n) is 24.3. The summed E-state index contributed by atoms with van der Waals surface area (Å²) in [5.74, 6) is -1.05. The van der Waals surface area contributed by atoms with Crippen LogP contribution < -0.4 is 60.5 Å². The highest BCUT2D eigenvalue weighted by Gasteiger charge is 2.39. The average molecular weight is 1060 g/mol. The van der Waals surface area contributed by atoms with Gasteiger partial charge in [-0.25, -0.2) is 0 Å². The first kappa shape index (κ1) is 52.1. The number of benzene rings is 5. The molecule has 5 aromatic rings. The molecule has 4 aliphatic heterocycles. The molecule has 0 bridgehead atoms. The van der Waals surface area contributed by atoms with Crippen LogP contribution in [0.1, 0.15) is 69.7 Å². The van der Waals surface area contributed by atoms with Crippen molar-refractivity contribution in [1.29, 1.82) is 0 Å². The standard InChI is InChI=1S/C54H57N9O10S2/c1-54(2,74-75-55)14-13-48(64)58-26-49(65)59-27-50(66)60-28-51(67)61-35-16-31(29-72-46-22-40-38(20-44(46)70-3)52(68)62-36(24-56-40)18-33-9-5-7-11-42(33)62)15-32(17-35)30-73-47-23-41-39(21-45(47)71-4)53(69)63-37(25-57-41)19-34-10-6-8-12-43(34)63/h5-12,15-17,20-24,36-37,57H,13-14,18-19,25-30,55H2,1-4H3,(H,58,64)(H,59,65)(H,60,66)(H,61,67)/t36-,37-/m0/s1. The van der Waals surface area contributed by atoms with Crippen LogP contribution >= 0.6 is 21.8 Å². The summed E-state index contributed by atoms with van der Waals surface area (Å²) in [6, 6.07) is 27.4. The molecule has 0 aliphatic carbocycles. The SMILES string of the molecule is COc1cc2c(cc1OCc1cc(COc3cc4c(cc3OC)C(=O)N3c5ccccc5C[C@H]3CN4)cc(NC(=O)CNC(=O)CNC(=O)CNC(=O)CCC(C)(C)SSN)c1)N=C[C@@H]1Cc3ccccc3N1C2=O. The topological polar surface area (TPSA) is 244 Å². The molecule has 4 aliphatic rings. The first-order chi connectivity index (χ1) is 36.2. The van der Waals surface area contributed by atoms with Crippen LogP contribution in [0.5, 0.6) is 23.0 Å². The highest BCUT2D eigenvalue weighted by molar-refractivity contribution is 8.76. The van der Waals surface area contributed by atoms with Crippen LogP contribution in [-0.4, -0.2) is 98.9 Å². The number of para-hydroxylation sites is 2. The Balaban J connectivity index is 0.887. The number of nitrogens with one attached hydrogen (secondary N) is 5. The second-order valence-electron chi connectivity index (χ2n) is 18.9. The fourth-order valence-corrected chi connectivity index (χ4v) is 10.9. The third kappa shape index (κ3) is 12.0. The Kier molecular flexibility index (Phi) is 15.8. The number of methoxy groups -OCH3 is 2. The molecule has 0 saturated heterocycles. The Labute approximate surface area is 441 Å². The molecule has 0 aromatic heterocycles. The van der Waals surface area contributed by atoms with Crippen molar-refractivity contribution in [3.63, 3.8) is 0 Å². The third-order valence-electron chi connectivity index (χ3n) is 13.2. The Morgan fingerprint density at radius 3 is 1.93 bits per heavy atom. The zero-order chi connectivity index (χ0) is 52.8. The van der Waals surface area contributed by atoms with Crippen LogP contribution in [-0.2, 0) is 45.2 Å². The zero-order valence-corrected chi connectivity index (χ0v) is 43.4. The van der Waals surface area contributed by atoms with E-state index in [1.807, 2.05) is 73.3 Å². The van der Waals surface area contributed by atoms with Gasteiger partial charge in [-0.1, -0.05) is 47.2 Å². The predicted molar refractivity (Wildman–Crippen MR) is 290 cm³/mol. The van der Waals surface area contributed by atoms with E-state index in [9.17, 15) is 28.8 Å². The maximum absolute atomic E-state index is 14.1. The summed E-state index contributed by atoms with van der Waals surface area (Å²) in [7, 11) is 5.57. The van der Waals surface area contributed by atoms with Crippen molar-refractivity contribution in [2.75, 3.05) is 60.8 Å². The van der Waals surface area contributed by atoms with E-state index in [0.717, 1.165) is 39.9 Å². The fraction of sp³-hybridized carbons (Fsp3) is 0.315. The molecular formula is C54H57N9O10S2. The predicted octanol–water partition coefficient (Wildman–Crippen LogP) is 6.25. The number of ether oxygens (including phenoxy) is 4. The summed E-state index contributed by atoms with van der Waals surface area (Å²) < 4.78 is 24.1. The lowest BCUT2D eigenvalue weighted by molar-refractivity contribution is -0.128. The van der Waals surface area contributed by atoms with Gasteiger partial charge in [0.25, 0.3) is 11.8 Å². The molecule has 9 rings (SSSR count). The Morgan fingerprint density at radius 2 is 1.28 bits per heavy atom. The van der Waals surface area contributed by atoms with Gasteiger partial charge >= 0.3 is 0 Å².